The molecule has 3 heterocycles. The summed E-state index contributed by atoms with van der Waals surface area (Å²) in [6.45, 7) is 5.33. The van der Waals surface area contributed by atoms with E-state index < -0.39 is 0 Å². The number of aromatic nitrogens is 3. The van der Waals surface area contributed by atoms with Gasteiger partial charge in [-0.05, 0) is 45.1 Å². The van der Waals surface area contributed by atoms with Crippen LogP contribution in [0.25, 0.3) is 11.3 Å². The third-order valence-corrected chi connectivity index (χ3v) is 6.44. The Hall–Kier alpha value is -3.56. The molecule has 0 aliphatic carbocycles. The number of H-pyrrole nitrogens is 1. The van der Waals surface area contributed by atoms with Gasteiger partial charge in [0.1, 0.15) is 5.75 Å². The van der Waals surface area contributed by atoms with Crippen LogP contribution in [0.3, 0.4) is 0 Å². The normalized spacial score (nSPS) is 14.1. The summed E-state index contributed by atoms with van der Waals surface area (Å²) in [7, 11) is 5.83. The smallest absolute Gasteiger partial charge is 0.247 e. The highest BCUT2D eigenvalue weighted by Gasteiger charge is 2.24. The van der Waals surface area contributed by atoms with Gasteiger partial charge in [-0.1, -0.05) is 18.2 Å². The van der Waals surface area contributed by atoms with Crippen LogP contribution in [-0.2, 0) is 4.79 Å². The molecular formula is C25H30ClN7O2. The lowest BCUT2D eigenvalue weighted by Crippen LogP contribution is -2.42. The zero-order chi connectivity index (χ0) is 24.9. The first kappa shape index (κ1) is 24.6. The summed E-state index contributed by atoms with van der Waals surface area (Å²) in [5.74, 6) is 0.667. The first-order valence-corrected chi connectivity index (χ1v) is 11.8. The van der Waals surface area contributed by atoms with Gasteiger partial charge >= 0.3 is 0 Å². The second-order valence-corrected chi connectivity index (χ2v) is 8.97. The van der Waals surface area contributed by atoms with Crippen LogP contribution in [-0.4, -0.2) is 66.1 Å². The summed E-state index contributed by atoms with van der Waals surface area (Å²) in [6, 6.07) is 6.19. The molecule has 1 aromatic carbocycles. The minimum Gasteiger partial charge on any atom is -0.494 e. The number of benzene rings is 1. The number of nitrogens with zero attached hydrogens (tertiary/aromatic N) is 4. The van der Waals surface area contributed by atoms with E-state index in [2.05, 4.69) is 56.1 Å². The SMILES string of the molecule is C=CC(=O)Nc1cc(Nc2ncc(Cl)c(-c3cc[nH]c3)n2)c(OC)cc1N1CCC(N(C)C)CC1. The van der Waals surface area contributed by atoms with Crippen LogP contribution < -0.4 is 20.3 Å². The van der Waals surface area contributed by atoms with Gasteiger partial charge < -0.3 is 30.2 Å². The van der Waals surface area contributed by atoms with Crippen molar-refractivity contribution in [2.24, 2.45) is 0 Å². The molecule has 0 unspecified atom stereocenters. The van der Waals surface area contributed by atoms with Crippen molar-refractivity contribution in [3.8, 4) is 17.0 Å². The first-order chi connectivity index (χ1) is 16.9. The maximum absolute atomic E-state index is 12.2. The van der Waals surface area contributed by atoms with E-state index in [0.717, 1.165) is 37.2 Å². The number of nitrogens with one attached hydrogen (secondary N) is 3. The van der Waals surface area contributed by atoms with Gasteiger partial charge in [0.05, 0.1) is 41.1 Å². The molecule has 2 aromatic heterocycles. The molecule has 1 aliphatic rings. The Morgan fingerprint density at radius 2 is 2.09 bits per heavy atom. The molecule has 0 spiro atoms. The van der Waals surface area contributed by atoms with Gasteiger partial charge in [-0.2, -0.15) is 0 Å². The fourth-order valence-corrected chi connectivity index (χ4v) is 4.43. The molecule has 184 valence electrons. The number of carbonyl (C=O) groups excluding carboxylic acids is 1. The molecule has 4 rings (SSSR count). The predicted octanol–water partition coefficient (Wildman–Crippen LogP) is 4.53. The quantitative estimate of drug-likeness (QED) is 0.395. The number of carbonyl (C=O) groups is 1. The average Bonchev–Trinajstić information content (AvgIpc) is 3.40. The van der Waals surface area contributed by atoms with E-state index in [0.29, 0.717) is 39.8 Å². The standard InChI is InChI=1S/C25H30ClN7O2/c1-5-23(34)29-19-12-20(30-25-28-15-18(26)24(31-25)16-6-9-27-14-16)22(35-4)13-21(19)33-10-7-17(8-11-33)32(2)3/h5-6,9,12-15,17,27H,1,7-8,10-11H2,2-4H3,(H,29,34)(H,28,30,31). The number of hydrogen-bond acceptors (Lipinski definition) is 7. The molecule has 0 atom stereocenters. The molecule has 1 saturated heterocycles. The minimum absolute atomic E-state index is 0.289. The highest BCUT2D eigenvalue weighted by atomic mass is 35.5. The van der Waals surface area contributed by atoms with Crippen molar-refractivity contribution in [3.63, 3.8) is 0 Å². The maximum atomic E-state index is 12.2. The average molecular weight is 496 g/mol. The van der Waals surface area contributed by atoms with Gasteiger partial charge in [-0.15, -0.1) is 0 Å². The number of aromatic amines is 1. The topological polar surface area (TPSA) is 98.4 Å². The molecule has 35 heavy (non-hydrogen) atoms. The number of halogens is 1. The van der Waals surface area contributed by atoms with E-state index in [9.17, 15) is 4.79 Å². The highest BCUT2D eigenvalue weighted by Crippen LogP contribution is 2.39. The zero-order valence-corrected chi connectivity index (χ0v) is 20.9. The second kappa shape index (κ2) is 10.8. The number of amides is 1. The van der Waals surface area contributed by atoms with Gasteiger partial charge in [-0.25, -0.2) is 9.97 Å². The summed E-state index contributed by atoms with van der Waals surface area (Å²) in [6.07, 6.45) is 8.49. The van der Waals surface area contributed by atoms with Crippen LogP contribution >= 0.6 is 11.6 Å². The van der Waals surface area contributed by atoms with E-state index >= 15 is 0 Å². The van der Waals surface area contributed by atoms with Gasteiger partial charge in [-0.3, -0.25) is 4.79 Å². The Morgan fingerprint density at radius 3 is 2.71 bits per heavy atom. The molecule has 1 fully saturated rings. The second-order valence-electron chi connectivity index (χ2n) is 8.56. The van der Waals surface area contributed by atoms with Crippen molar-refractivity contribution in [1.29, 1.82) is 0 Å². The fourth-order valence-electron chi connectivity index (χ4n) is 4.23. The molecule has 3 aromatic rings. The molecule has 0 bridgehead atoms. The number of anilines is 4. The lowest BCUT2D eigenvalue weighted by Gasteiger charge is -2.37. The number of piperidine rings is 1. The Kier molecular flexibility index (Phi) is 7.57. The molecule has 10 heteroatoms. The van der Waals surface area contributed by atoms with Crippen molar-refractivity contribution in [1.82, 2.24) is 19.9 Å². The molecule has 0 radical (unpaired) electrons. The maximum Gasteiger partial charge on any atom is 0.247 e. The molecule has 0 saturated carbocycles. The Morgan fingerprint density at radius 1 is 1.31 bits per heavy atom. The highest BCUT2D eigenvalue weighted by molar-refractivity contribution is 6.32. The van der Waals surface area contributed by atoms with Gasteiger partial charge in [0.25, 0.3) is 0 Å². The molecule has 3 N–H and O–H groups in total. The number of rotatable bonds is 8. The fraction of sp³-hybridized carbons (Fsp3) is 0.320. The Balaban J connectivity index is 1.68. The van der Waals surface area contributed by atoms with E-state index in [1.807, 2.05) is 24.4 Å². The van der Waals surface area contributed by atoms with E-state index in [1.54, 1.807) is 19.5 Å². The van der Waals surface area contributed by atoms with Crippen molar-refractivity contribution in [2.45, 2.75) is 18.9 Å². The van der Waals surface area contributed by atoms with E-state index in [1.165, 1.54) is 6.08 Å². The van der Waals surface area contributed by atoms with Gasteiger partial charge in [0.15, 0.2) is 0 Å². The van der Waals surface area contributed by atoms with Crippen LogP contribution in [0.2, 0.25) is 5.02 Å². The minimum atomic E-state index is -0.289. The van der Waals surface area contributed by atoms with Crippen molar-refractivity contribution in [2.75, 3.05) is 49.8 Å². The van der Waals surface area contributed by atoms with Crippen molar-refractivity contribution < 1.29 is 9.53 Å². The molecule has 1 aliphatic heterocycles. The largest absolute Gasteiger partial charge is 0.494 e. The third-order valence-electron chi connectivity index (χ3n) is 6.16. The summed E-state index contributed by atoms with van der Waals surface area (Å²) in [5, 5.41) is 6.60. The van der Waals surface area contributed by atoms with Crippen LogP contribution in [0.5, 0.6) is 5.75 Å². The number of ether oxygens (including phenoxy) is 1. The molecule has 1 amide bonds. The van der Waals surface area contributed by atoms with Crippen LogP contribution in [0.15, 0.2) is 49.4 Å². The summed E-state index contributed by atoms with van der Waals surface area (Å²) in [5.41, 5.74) is 3.61. The zero-order valence-electron chi connectivity index (χ0n) is 20.1. The van der Waals surface area contributed by atoms with E-state index in [-0.39, 0.29) is 5.91 Å². The molecule has 9 nitrogen and oxygen atoms in total. The van der Waals surface area contributed by atoms with Crippen molar-refractivity contribution >= 4 is 40.5 Å². The predicted molar refractivity (Wildman–Crippen MR) is 141 cm³/mol. The summed E-state index contributed by atoms with van der Waals surface area (Å²) < 4.78 is 5.70. The lowest BCUT2D eigenvalue weighted by molar-refractivity contribution is -0.111. The lowest BCUT2D eigenvalue weighted by atomic mass is 10.0. The Bertz CT molecular complexity index is 1190. The monoisotopic (exact) mass is 495 g/mol. The van der Waals surface area contributed by atoms with Crippen LogP contribution in [0.4, 0.5) is 23.0 Å². The van der Waals surface area contributed by atoms with Crippen LogP contribution in [0.1, 0.15) is 12.8 Å². The van der Waals surface area contributed by atoms with Crippen LogP contribution in [0, 0.1) is 0 Å². The first-order valence-electron chi connectivity index (χ1n) is 11.4. The molecular weight excluding hydrogens is 466 g/mol. The van der Waals surface area contributed by atoms with Crippen molar-refractivity contribution in [3.05, 3.63) is 54.5 Å². The summed E-state index contributed by atoms with van der Waals surface area (Å²) >= 11 is 6.33. The summed E-state index contributed by atoms with van der Waals surface area (Å²) in [4.78, 5) is 28.7. The number of hydrogen-bond donors (Lipinski definition) is 3. The Labute approximate surface area is 210 Å². The van der Waals surface area contributed by atoms with Gasteiger partial charge in [0, 0.05) is 43.2 Å². The third kappa shape index (κ3) is 5.58. The van der Waals surface area contributed by atoms with Gasteiger partial charge in [0.2, 0.25) is 11.9 Å². The van der Waals surface area contributed by atoms with E-state index in [4.69, 9.17) is 16.3 Å². The number of methoxy groups -OCH3 is 1.